The minimum absolute atomic E-state index is 0.0975. The maximum atomic E-state index is 12.3. The van der Waals surface area contributed by atoms with E-state index < -0.39 is 5.91 Å². The van der Waals surface area contributed by atoms with Crippen molar-refractivity contribution in [2.75, 3.05) is 5.32 Å². The molecule has 0 bridgehead atoms. The number of carbonyl (C=O) groups excluding carboxylic acids is 3. The van der Waals surface area contributed by atoms with Crippen LogP contribution in [0.3, 0.4) is 0 Å². The lowest BCUT2D eigenvalue weighted by Gasteiger charge is -2.13. The van der Waals surface area contributed by atoms with Gasteiger partial charge in [0.15, 0.2) is 0 Å². The van der Waals surface area contributed by atoms with Crippen LogP contribution in [0.4, 0.5) is 5.69 Å². The van der Waals surface area contributed by atoms with E-state index in [0.29, 0.717) is 23.6 Å². The zero-order chi connectivity index (χ0) is 24.3. The molecule has 0 spiro atoms. The molecule has 7 nitrogen and oxygen atoms in total. The average molecular weight is 524 g/mol. The first kappa shape index (κ1) is 25.0. The third-order valence-electron chi connectivity index (χ3n) is 4.88. The first-order chi connectivity index (χ1) is 16.4. The summed E-state index contributed by atoms with van der Waals surface area (Å²) in [6, 6.07) is 23.8. The van der Waals surface area contributed by atoms with Crippen LogP contribution in [-0.4, -0.2) is 17.7 Å². The molecule has 0 aromatic heterocycles. The van der Waals surface area contributed by atoms with E-state index >= 15 is 0 Å². The van der Waals surface area contributed by atoms with Gasteiger partial charge in [-0.25, -0.2) is 0 Å². The summed E-state index contributed by atoms with van der Waals surface area (Å²) in [5.74, 6) is -0.486. The van der Waals surface area contributed by atoms with Gasteiger partial charge in [0.25, 0.3) is 5.91 Å². The largest absolute Gasteiger partial charge is 0.489 e. The van der Waals surface area contributed by atoms with Crippen molar-refractivity contribution < 1.29 is 19.1 Å². The highest BCUT2D eigenvalue weighted by atomic mass is 79.9. The number of amides is 3. The van der Waals surface area contributed by atoms with Crippen molar-refractivity contribution in [3.05, 3.63) is 94.5 Å². The number of hydrogen-bond acceptors (Lipinski definition) is 4. The van der Waals surface area contributed by atoms with Crippen molar-refractivity contribution in [1.82, 2.24) is 10.9 Å². The fourth-order valence-electron chi connectivity index (χ4n) is 3.14. The maximum Gasteiger partial charge on any atom is 0.269 e. The monoisotopic (exact) mass is 523 g/mol. The molecule has 34 heavy (non-hydrogen) atoms. The van der Waals surface area contributed by atoms with E-state index in [9.17, 15) is 14.4 Å². The molecule has 1 atom stereocenters. The van der Waals surface area contributed by atoms with E-state index in [4.69, 9.17) is 4.74 Å². The Labute approximate surface area is 207 Å². The fourth-order valence-corrected chi connectivity index (χ4v) is 3.41. The van der Waals surface area contributed by atoms with Gasteiger partial charge in [0.2, 0.25) is 11.8 Å². The van der Waals surface area contributed by atoms with Crippen LogP contribution in [0.1, 0.15) is 35.7 Å². The summed E-state index contributed by atoms with van der Waals surface area (Å²) in [6.45, 7) is 2.27. The number of ether oxygens (including phenoxy) is 1. The van der Waals surface area contributed by atoms with E-state index in [0.717, 1.165) is 10.0 Å². The molecule has 0 aliphatic carbocycles. The van der Waals surface area contributed by atoms with Crippen molar-refractivity contribution in [1.29, 1.82) is 0 Å². The van der Waals surface area contributed by atoms with Gasteiger partial charge < -0.3 is 10.1 Å². The molecule has 0 saturated carbocycles. The number of hydrazine groups is 1. The normalized spacial score (nSPS) is 11.2. The van der Waals surface area contributed by atoms with Crippen LogP contribution in [0, 0.1) is 5.92 Å². The number of anilines is 1. The van der Waals surface area contributed by atoms with E-state index in [1.807, 2.05) is 30.3 Å². The molecular weight excluding hydrogens is 498 g/mol. The summed E-state index contributed by atoms with van der Waals surface area (Å²) in [6.07, 6.45) is 0.265. The van der Waals surface area contributed by atoms with Crippen molar-refractivity contribution in [2.24, 2.45) is 5.92 Å². The van der Waals surface area contributed by atoms with Crippen LogP contribution >= 0.6 is 15.9 Å². The molecule has 8 heteroatoms. The quantitative estimate of drug-likeness (QED) is 0.349. The molecule has 0 unspecified atom stereocenters. The lowest BCUT2D eigenvalue weighted by molar-refractivity contribution is -0.123. The van der Waals surface area contributed by atoms with Gasteiger partial charge in [0.1, 0.15) is 12.4 Å². The molecule has 3 aromatic carbocycles. The van der Waals surface area contributed by atoms with Crippen LogP contribution in [0.2, 0.25) is 0 Å². The van der Waals surface area contributed by atoms with E-state index in [1.165, 1.54) is 0 Å². The topological polar surface area (TPSA) is 96.5 Å². The number of nitrogens with one attached hydrogen (secondary N) is 3. The zero-order valence-electron chi connectivity index (χ0n) is 18.7. The van der Waals surface area contributed by atoms with Gasteiger partial charge in [-0.15, -0.1) is 0 Å². The second kappa shape index (κ2) is 12.6. The molecule has 0 saturated heterocycles. The third kappa shape index (κ3) is 8.37. The Balaban J connectivity index is 1.37. The van der Waals surface area contributed by atoms with Gasteiger partial charge in [-0.2, -0.15) is 0 Å². The van der Waals surface area contributed by atoms with Gasteiger partial charge in [0, 0.05) is 28.6 Å². The first-order valence-electron chi connectivity index (χ1n) is 10.8. The minimum Gasteiger partial charge on any atom is -0.489 e. The number of halogens is 1. The molecule has 0 radical (unpaired) electrons. The molecule has 3 N–H and O–H groups in total. The predicted molar refractivity (Wildman–Crippen MR) is 134 cm³/mol. The summed E-state index contributed by atoms with van der Waals surface area (Å²) in [4.78, 5) is 36.5. The van der Waals surface area contributed by atoms with E-state index in [1.54, 1.807) is 55.5 Å². The van der Waals surface area contributed by atoms with Crippen molar-refractivity contribution in [3.63, 3.8) is 0 Å². The highest BCUT2D eigenvalue weighted by Gasteiger charge is 2.15. The third-order valence-corrected chi connectivity index (χ3v) is 5.40. The van der Waals surface area contributed by atoms with Crippen LogP contribution in [-0.2, 0) is 16.2 Å². The predicted octanol–water partition coefficient (Wildman–Crippen LogP) is 4.84. The lowest BCUT2D eigenvalue weighted by atomic mass is 10.0. The molecular formula is C26H26BrN3O4. The second-order valence-corrected chi connectivity index (χ2v) is 8.79. The molecule has 176 valence electrons. The highest BCUT2D eigenvalue weighted by Crippen LogP contribution is 2.18. The Hall–Kier alpha value is -3.65. The molecule has 0 aliphatic heterocycles. The van der Waals surface area contributed by atoms with Crippen molar-refractivity contribution in [3.8, 4) is 5.75 Å². The lowest BCUT2D eigenvalue weighted by Crippen LogP contribution is -2.42. The fraction of sp³-hybridized carbons (Fsp3) is 0.192. The van der Waals surface area contributed by atoms with Gasteiger partial charge in [0.05, 0.1) is 0 Å². The van der Waals surface area contributed by atoms with E-state index in [2.05, 4.69) is 32.1 Å². The molecule has 3 rings (SSSR count). The van der Waals surface area contributed by atoms with Gasteiger partial charge >= 0.3 is 0 Å². The summed E-state index contributed by atoms with van der Waals surface area (Å²) >= 11 is 3.30. The molecule has 0 aliphatic rings. The molecule has 0 heterocycles. The van der Waals surface area contributed by atoms with Crippen molar-refractivity contribution in [2.45, 2.75) is 26.4 Å². The Morgan fingerprint density at radius 1 is 0.824 bits per heavy atom. The van der Waals surface area contributed by atoms with Crippen LogP contribution in [0.15, 0.2) is 83.3 Å². The van der Waals surface area contributed by atoms with E-state index in [-0.39, 0.29) is 30.6 Å². The number of carbonyl (C=O) groups is 3. The van der Waals surface area contributed by atoms with Crippen LogP contribution in [0.5, 0.6) is 5.75 Å². The SMILES string of the molecule is C[C@@H](CC(=O)NNC(=O)c1ccc(Br)cc1)CC(=O)Nc1ccc(OCc2ccccc2)cc1. The summed E-state index contributed by atoms with van der Waals surface area (Å²) in [5, 5.41) is 2.82. The summed E-state index contributed by atoms with van der Waals surface area (Å²) < 4.78 is 6.60. The van der Waals surface area contributed by atoms with Gasteiger partial charge in [-0.1, -0.05) is 53.2 Å². The van der Waals surface area contributed by atoms with Crippen LogP contribution < -0.4 is 20.9 Å². The summed E-state index contributed by atoms with van der Waals surface area (Å²) in [5.41, 5.74) is 6.91. The van der Waals surface area contributed by atoms with Crippen LogP contribution in [0.25, 0.3) is 0 Å². The highest BCUT2D eigenvalue weighted by molar-refractivity contribution is 9.10. The average Bonchev–Trinajstić information content (AvgIpc) is 2.83. The standard InChI is InChI=1S/C26H26BrN3O4/c1-18(16-25(32)29-30-26(33)20-7-9-21(27)10-8-20)15-24(31)28-22-11-13-23(14-12-22)34-17-19-5-3-2-4-6-19/h2-14,18H,15-17H2,1H3,(H,28,31)(H,29,32)(H,30,33)/t18-/m1/s1. The minimum atomic E-state index is -0.414. The first-order valence-corrected chi connectivity index (χ1v) is 11.6. The number of benzene rings is 3. The second-order valence-electron chi connectivity index (χ2n) is 7.87. The molecule has 0 fully saturated rings. The van der Waals surface area contributed by atoms with Crippen molar-refractivity contribution >= 4 is 39.3 Å². The smallest absolute Gasteiger partial charge is 0.269 e. The molecule has 3 aromatic rings. The Bertz CT molecular complexity index is 1100. The van der Waals surface area contributed by atoms with Gasteiger partial charge in [-0.05, 0) is 60.0 Å². The number of rotatable bonds is 9. The zero-order valence-corrected chi connectivity index (χ0v) is 20.3. The number of hydrogen-bond donors (Lipinski definition) is 3. The maximum absolute atomic E-state index is 12.3. The Morgan fingerprint density at radius 3 is 2.15 bits per heavy atom. The Kier molecular flexibility index (Phi) is 9.22. The van der Waals surface area contributed by atoms with Gasteiger partial charge in [-0.3, -0.25) is 25.2 Å². The Morgan fingerprint density at radius 2 is 1.47 bits per heavy atom. The molecule has 3 amide bonds. The summed E-state index contributed by atoms with van der Waals surface area (Å²) in [7, 11) is 0.